The second-order valence-electron chi connectivity index (χ2n) is 6.93. The van der Waals surface area contributed by atoms with Crippen molar-refractivity contribution in [3.63, 3.8) is 0 Å². The highest BCUT2D eigenvalue weighted by Crippen LogP contribution is 2.42. The van der Waals surface area contributed by atoms with E-state index in [1.54, 1.807) is 31.6 Å². The quantitative estimate of drug-likeness (QED) is 0.245. The predicted octanol–water partition coefficient (Wildman–Crippen LogP) is 6.54. The second-order valence-corrected chi connectivity index (χ2v) is 9.14. The summed E-state index contributed by atoms with van der Waals surface area (Å²) in [5.74, 6) is 2.34. The van der Waals surface area contributed by atoms with Crippen molar-refractivity contribution in [2.24, 2.45) is 0 Å². The maximum atomic E-state index is 6.27. The number of hydrogen-bond donors (Lipinski definition) is 0. The molecule has 0 amide bonds. The molecule has 0 N–H and O–H groups in total. The van der Waals surface area contributed by atoms with Gasteiger partial charge in [-0.15, -0.1) is 21.5 Å². The van der Waals surface area contributed by atoms with Gasteiger partial charge in [-0.2, -0.15) is 0 Å². The maximum Gasteiger partial charge on any atom is 0.283 e. The molecule has 7 nitrogen and oxygen atoms in total. The highest BCUT2D eigenvalue weighted by atomic mass is 35.5. The zero-order valence-electron chi connectivity index (χ0n) is 17.8. The SMILES string of the molecule is COc1ccc(-c2csc3nc(C)nc(Sc4nnc(-c5ccccc5Cl)o4)c23)cc1OC. The first-order valence-electron chi connectivity index (χ1n) is 9.82. The first-order chi connectivity index (χ1) is 16.1. The number of halogens is 1. The number of fused-ring (bicyclic) bond motifs is 1. The highest BCUT2D eigenvalue weighted by Gasteiger charge is 2.20. The lowest BCUT2D eigenvalue weighted by Gasteiger charge is -2.10. The zero-order chi connectivity index (χ0) is 22.9. The van der Waals surface area contributed by atoms with Crippen LogP contribution in [0.25, 0.3) is 32.8 Å². The Bertz CT molecular complexity index is 1470. The number of methoxy groups -OCH3 is 2. The van der Waals surface area contributed by atoms with Crippen LogP contribution in [0.15, 0.2) is 62.5 Å². The fourth-order valence-electron chi connectivity index (χ4n) is 3.38. The van der Waals surface area contributed by atoms with Gasteiger partial charge < -0.3 is 13.9 Å². The molecule has 0 bridgehead atoms. The third-order valence-corrected chi connectivity index (χ3v) is 6.93. The topological polar surface area (TPSA) is 83.2 Å². The Balaban J connectivity index is 1.57. The minimum Gasteiger partial charge on any atom is -0.493 e. The second kappa shape index (κ2) is 9.01. The molecule has 5 aromatic rings. The van der Waals surface area contributed by atoms with Crippen molar-refractivity contribution in [2.45, 2.75) is 17.2 Å². The third-order valence-electron chi connectivity index (χ3n) is 4.90. The van der Waals surface area contributed by atoms with E-state index in [1.807, 2.05) is 43.3 Å². The van der Waals surface area contributed by atoms with Crippen molar-refractivity contribution in [3.8, 4) is 34.1 Å². The molecule has 10 heteroatoms. The van der Waals surface area contributed by atoms with E-state index in [2.05, 4.69) is 25.5 Å². The largest absolute Gasteiger partial charge is 0.493 e. The van der Waals surface area contributed by atoms with Crippen LogP contribution in [0.4, 0.5) is 0 Å². The van der Waals surface area contributed by atoms with Gasteiger partial charge in [-0.05, 0) is 48.5 Å². The molecule has 0 saturated heterocycles. The molecule has 0 atom stereocenters. The summed E-state index contributed by atoms with van der Waals surface area (Å²) in [5, 5.41) is 13.0. The zero-order valence-corrected chi connectivity index (χ0v) is 20.2. The maximum absolute atomic E-state index is 6.27. The van der Waals surface area contributed by atoms with E-state index < -0.39 is 0 Å². The van der Waals surface area contributed by atoms with E-state index in [1.165, 1.54) is 11.8 Å². The van der Waals surface area contributed by atoms with E-state index in [4.69, 9.17) is 25.5 Å². The van der Waals surface area contributed by atoms with Gasteiger partial charge in [0.05, 0.1) is 30.2 Å². The van der Waals surface area contributed by atoms with Crippen LogP contribution >= 0.6 is 34.7 Å². The van der Waals surface area contributed by atoms with E-state index in [-0.39, 0.29) is 0 Å². The van der Waals surface area contributed by atoms with E-state index in [9.17, 15) is 0 Å². The first-order valence-corrected chi connectivity index (χ1v) is 11.9. The number of rotatable bonds is 6. The van der Waals surface area contributed by atoms with Crippen LogP contribution in [-0.2, 0) is 0 Å². The molecule has 0 saturated carbocycles. The summed E-state index contributed by atoms with van der Waals surface area (Å²) in [4.78, 5) is 10.2. The Labute approximate surface area is 202 Å². The summed E-state index contributed by atoms with van der Waals surface area (Å²) in [6, 6.07) is 13.2. The number of aryl methyl sites for hydroxylation is 1. The number of thiophene rings is 1. The van der Waals surface area contributed by atoms with Crippen molar-refractivity contribution in [1.82, 2.24) is 20.2 Å². The van der Waals surface area contributed by atoms with Crippen molar-refractivity contribution >= 4 is 44.9 Å². The van der Waals surface area contributed by atoms with Crippen molar-refractivity contribution in [3.05, 3.63) is 58.7 Å². The van der Waals surface area contributed by atoms with Gasteiger partial charge in [-0.25, -0.2) is 9.97 Å². The minimum absolute atomic E-state index is 0.357. The summed E-state index contributed by atoms with van der Waals surface area (Å²) < 4.78 is 16.8. The summed E-state index contributed by atoms with van der Waals surface area (Å²) >= 11 is 9.13. The summed E-state index contributed by atoms with van der Waals surface area (Å²) in [6.45, 7) is 1.86. The molecule has 0 aliphatic rings. The fourth-order valence-corrected chi connectivity index (χ4v) is 5.51. The Kier molecular flexibility index (Phi) is 5.92. The lowest BCUT2D eigenvalue weighted by atomic mass is 10.1. The van der Waals surface area contributed by atoms with E-state index in [0.717, 1.165) is 26.4 Å². The summed E-state index contributed by atoms with van der Waals surface area (Å²) in [7, 11) is 3.23. The monoisotopic (exact) mass is 496 g/mol. The molecule has 3 heterocycles. The number of hydrogen-bond acceptors (Lipinski definition) is 9. The Morgan fingerprint density at radius 2 is 1.79 bits per heavy atom. The van der Waals surface area contributed by atoms with Crippen molar-refractivity contribution in [2.75, 3.05) is 14.2 Å². The van der Waals surface area contributed by atoms with Gasteiger partial charge in [0, 0.05) is 10.9 Å². The molecule has 0 fully saturated rings. The van der Waals surface area contributed by atoms with Gasteiger partial charge in [0.15, 0.2) is 11.5 Å². The molecule has 0 spiro atoms. The van der Waals surface area contributed by atoms with Crippen LogP contribution in [0.1, 0.15) is 5.82 Å². The number of aromatic nitrogens is 4. The fraction of sp³-hybridized carbons (Fsp3) is 0.130. The van der Waals surface area contributed by atoms with Gasteiger partial charge in [0.1, 0.15) is 15.7 Å². The van der Waals surface area contributed by atoms with Crippen molar-refractivity contribution < 1.29 is 13.9 Å². The smallest absolute Gasteiger partial charge is 0.283 e. The van der Waals surface area contributed by atoms with Gasteiger partial charge in [0.2, 0.25) is 5.89 Å². The lowest BCUT2D eigenvalue weighted by molar-refractivity contribution is 0.355. The number of nitrogens with zero attached hydrogens (tertiary/aromatic N) is 4. The molecule has 0 aliphatic carbocycles. The molecular formula is C23H17ClN4O3S2. The van der Waals surface area contributed by atoms with Gasteiger partial charge in [0.25, 0.3) is 5.22 Å². The van der Waals surface area contributed by atoms with E-state index in [0.29, 0.717) is 39.0 Å². The number of ether oxygens (including phenoxy) is 2. The van der Waals surface area contributed by atoms with Crippen molar-refractivity contribution in [1.29, 1.82) is 0 Å². The molecule has 0 aliphatic heterocycles. The third kappa shape index (κ3) is 4.15. The molecule has 2 aromatic carbocycles. The summed E-state index contributed by atoms with van der Waals surface area (Å²) in [5.41, 5.74) is 2.64. The van der Waals surface area contributed by atoms with Crippen LogP contribution in [-0.4, -0.2) is 34.4 Å². The molecular weight excluding hydrogens is 480 g/mol. The molecule has 5 rings (SSSR count). The normalized spacial score (nSPS) is 11.2. The Morgan fingerprint density at radius 1 is 0.970 bits per heavy atom. The number of benzene rings is 2. The molecule has 3 aromatic heterocycles. The van der Waals surface area contributed by atoms with Gasteiger partial charge in [-0.3, -0.25) is 0 Å². The minimum atomic E-state index is 0.357. The van der Waals surface area contributed by atoms with Crippen LogP contribution in [0, 0.1) is 6.92 Å². The van der Waals surface area contributed by atoms with E-state index >= 15 is 0 Å². The van der Waals surface area contributed by atoms with Crippen LogP contribution < -0.4 is 9.47 Å². The standard InChI is InChI=1S/C23H17ClN4O3S2/c1-12-25-21-19(15(11-32-21)13-8-9-17(29-2)18(10-13)30-3)22(26-12)33-23-28-27-20(31-23)14-6-4-5-7-16(14)24/h4-11H,1-3H3. The Hall–Kier alpha value is -3.14. The lowest BCUT2D eigenvalue weighted by Crippen LogP contribution is -1.93. The molecule has 0 unspecified atom stereocenters. The predicted molar refractivity (Wildman–Crippen MR) is 130 cm³/mol. The Morgan fingerprint density at radius 3 is 2.58 bits per heavy atom. The molecule has 166 valence electrons. The average Bonchev–Trinajstić information content (AvgIpc) is 3.46. The van der Waals surface area contributed by atoms with Crippen LogP contribution in [0.5, 0.6) is 11.5 Å². The van der Waals surface area contributed by atoms with Gasteiger partial charge >= 0.3 is 0 Å². The van der Waals surface area contributed by atoms with Crippen LogP contribution in [0.2, 0.25) is 5.02 Å². The van der Waals surface area contributed by atoms with Gasteiger partial charge in [-0.1, -0.05) is 29.8 Å². The highest BCUT2D eigenvalue weighted by molar-refractivity contribution is 7.99. The van der Waals surface area contributed by atoms with Crippen LogP contribution in [0.3, 0.4) is 0 Å². The molecule has 0 radical (unpaired) electrons. The first kappa shape index (κ1) is 21.7. The average molecular weight is 497 g/mol. The summed E-state index contributed by atoms with van der Waals surface area (Å²) in [6.07, 6.45) is 0. The molecule has 33 heavy (non-hydrogen) atoms.